The van der Waals surface area contributed by atoms with Gasteiger partial charge in [-0.2, -0.15) is 0 Å². The second-order valence-electron chi connectivity index (χ2n) is 4.65. The molecule has 1 aromatic heterocycles. The van der Waals surface area contributed by atoms with E-state index < -0.39 is 0 Å². The molecule has 2 N–H and O–H groups in total. The van der Waals surface area contributed by atoms with Crippen LogP contribution in [0.25, 0.3) is 0 Å². The number of rotatable bonds is 2. The Morgan fingerprint density at radius 1 is 1.21 bits per heavy atom. The molecule has 1 aromatic carbocycles. The van der Waals surface area contributed by atoms with Gasteiger partial charge in [-0.3, -0.25) is 4.98 Å². The van der Waals surface area contributed by atoms with Gasteiger partial charge >= 0.3 is 0 Å². The molecule has 2 heterocycles. The Kier molecular flexibility index (Phi) is 3.17. The molecule has 0 amide bonds. The molecule has 2 aromatic rings. The summed E-state index contributed by atoms with van der Waals surface area (Å²) in [5.41, 5.74) is 10.0. The van der Waals surface area contributed by atoms with Crippen LogP contribution < -0.4 is 10.6 Å². The molecule has 0 saturated heterocycles. The molecule has 0 aliphatic carbocycles. The molecule has 96 valence electrons. The third kappa shape index (κ3) is 2.31. The van der Waals surface area contributed by atoms with E-state index in [1.54, 1.807) is 0 Å². The lowest BCUT2D eigenvalue weighted by Crippen LogP contribution is -2.24. The average molecular weight is 269 g/mol. The van der Waals surface area contributed by atoms with Crippen LogP contribution in [0.5, 0.6) is 0 Å². The third-order valence-corrected chi connectivity index (χ3v) is 3.63. The van der Waals surface area contributed by atoms with Crippen LogP contribution >= 0.6 is 12.2 Å². The molecule has 3 rings (SSSR count). The van der Waals surface area contributed by atoms with Crippen molar-refractivity contribution in [2.75, 3.05) is 11.4 Å². The summed E-state index contributed by atoms with van der Waals surface area (Å²) in [5.74, 6) is 0. The normalized spacial score (nSPS) is 14.0. The van der Waals surface area contributed by atoms with Crippen molar-refractivity contribution >= 4 is 28.6 Å². The number of nitrogens with two attached hydrogens (primary N) is 1. The standard InChI is InChI=1S/C15H15N3S/c16-15(19)13-8-7-12(10-17-13)18-9-3-5-11-4-1-2-6-14(11)18/h1-2,4,6-8,10H,3,5,9H2,(H2,16,19). The summed E-state index contributed by atoms with van der Waals surface area (Å²) in [6.45, 7) is 1.02. The predicted octanol–water partition coefficient (Wildman–Crippen LogP) is 2.80. The average Bonchev–Trinajstić information content (AvgIpc) is 2.47. The van der Waals surface area contributed by atoms with Gasteiger partial charge in [0.2, 0.25) is 0 Å². The number of pyridine rings is 1. The van der Waals surface area contributed by atoms with Gasteiger partial charge in [0.1, 0.15) is 4.99 Å². The first-order valence-corrected chi connectivity index (χ1v) is 6.78. The van der Waals surface area contributed by atoms with Crippen LogP contribution in [0.3, 0.4) is 0 Å². The van der Waals surface area contributed by atoms with Crippen LogP contribution in [-0.4, -0.2) is 16.5 Å². The molecule has 0 unspecified atom stereocenters. The Labute approximate surface area is 118 Å². The van der Waals surface area contributed by atoms with Gasteiger partial charge in [0, 0.05) is 12.2 Å². The second kappa shape index (κ2) is 4.97. The summed E-state index contributed by atoms with van der Waals surface area (Å²) >= 11 is 4.93. The highest BCUT2D eigenvalue weighted by Gasteiger charge is 2.17. The number of nitrogens with zero attached hydrogens (tertiary/aromatic N) is 2. The van der Waals surface area contributed by atoms with Crippen molar-refractivity contribution in [1.82, 2.24) is 4.98 Å². The van der Waals surface area contributed by atoms with Gasteiger partial charge in [0.15, 0.2) is 0 Å². The third-order valence-electron chi connectivity index (χ3n) is 3.42. The highest BCUT2D eigenvalue weighted by molar-refractivity contribution is 7.80. The zero-order valence-corrected chi connectivity index (χ0v) is 11.4. The van der Waals surface area contributed by atoms with Crippen LogP contribution in [0.15, 0.2) is 42.6 Å². The van der Waals surface area contributed by atoms with E-state index in [1.807, 2.05) is 18.3 Å². The maximum atomic E-state index is 5.57. The molecule has 3 nitrogen and oxygen atoms in total. The first kappa shape index (κ1) is 12.1. The molecule has 4 heteroatoms. The molecule has 0 atom stereocenters. The molecular weight excluding hydrogens is 254 g/mol. The van der Waals surface area contributed by atoms with Gasteiger partial charge in [-0.25, -0.2) is 0 Å². The minimum atomic E-state index is 0.339. The number of hydrogen-bond acceptors (Lipinski definition) is 3. The first-order chi connectivity index (χ1) is 9.25. The molecule has 0 radical (unpaired) electrons. The summed E-state index contributed by atoms with van der Waals surface area (Å²) in [7, 11) is 0. The summed E-state index contributed by atoms with van der Waals surface area (Å²) < 4.78 is 0. The fourth-order valence-electron chi connectivity index (χ4n) is 2.49. The van der Waals surface area contributed by atoms with Crippen molar-refractivity contribution < 1.29 is 0 Å². The van der Waals surface area contributed by atoms with Crippen molar-refractivity contribution in [1.29, 1.82) is 0 Å². The van der Waals surface area contributed by atoms with Crippen LogP contribution in [0.4, 0.5) is 11.4 Å². The summed E-state index contributed by atoms with van der Waals surface area (Å²) in [6, 6.07) is 12.4. The molecular formula is C15H15N3S. The van der Waals surface area contributed by atoms with E-state index in [0.717, 1.165) is 25.1 Å². The van der Waals surface area contributed by atoms with Crippen LogP contribution in [0.1, 0.15) is 17.7 Å². The molecule has 0 spiro atoms. The van der Waals surface area contributed by atoms with E-state index in [4.69, 9.17) is 18.0 Å². The van der Waals surface area contributed by atoms with E-state index >= 15 is 0 Å². The van der Waals surface area contributed by atoms with E-state index in [2.05, 4.69) is 34.1 Å². The molecule has 0 fully saturated rings. The number of benzene rings is 1. The van der Waals surface area contributed by atoms with Crippen LogP contribution in [0, 0.1) is 0 Å². The number of thiocarbonyl (C=S) groups is 1. The fourth-order valence-corrected chi connectivity index (χ4v) is 2.61. The van der Waals surface area contributed by atoms with Crippen LogP contribution in [0.2, 0.25) is 0 Å². The van der Waals surface area contributed by atoms with Gasteiger partial charge in [0.25, 0.3) is 0 Å². The highest BCUT2D eigenvalue weighted by Crippen LogP contribution is 2.32. The molecule has 0 bridgehead atoms. The quantitative estimate of drug-likeness (QED) is 0.851. The molecule has 1 aliphatic rings. The maximum absolute atomic E-state index is 5.57. The lowest BCUT2D eigenvalue weighted by molar-refractivity contribution is 0.765. The Bertz CT molecular complexity index is 607. The predicted molar refractivity (Wildman–Crippen MR) is 81.9 cm³/mol. The smallest absolute Gasteiger partial charge is 0.122 e. The number of hydrogen-bond donors (Lipinski definition) is 1. The van der Waals surface area contributed by atoms with Gasteiger partial charge < -0.3 is 10.6 Å². The Morgan fingerprint density at radius 2 is 2.05 bits per heavy atom. The first-order valence-electron chi connectivity index (χ1n) is 6.37. The number of anilines is 2. The van der Waals surface area contributed by atoms with Crippen LogP contribution in [-0.2, 0) is 6.42 Å². The van der Waals surface area contributed by atoms with Gasteiger partial charge in [0.05, 0.1) is 17.6 Å². The van der Waals surface area contributed by atoms with Crippen molar-refractivity contribution in [2.45, 2.75) is 12.8 Å². The molecule has 1 aliphatic heterocycles. The lowest BCUT2D eigenvalue weighted by Gasteiger charge is -2.31. The zero-order chi connectivity index (χ0) is 13.2. The number of aromatic nitrogens is 1. The Morgan fingerprint density at radius 3 is 2.79 bits per heavy atom. The molecule has 19 heavy (non-hydrogen) atoms. The van der Waals surface area contributed by atoms with E-state index in [0.29, 0.717) is 10.7 Å². The Hall–Kier alpha value is -1.94. The summed E-state index contributed by atoms with van der Waals surface area (Å²) in [5, 5.41) is 0. The van der Waals surface area contributed by atoms with Crippen molar-refractivity contribution in [3.8, 4) is 0 Å². The second-order valence-corrected chi connectivity index (χ2v) is 5.09. The summed E-state index contributed by atoms with van der Waals surface area (Å²) in [4.78, 5) is 6.96. The molecule has 0 saturated carbocycles. The minimum absolute atomic E-state index is 0.339. The number of aryl methyl sites for hydroxylation is 1. The van der Waals surface area contributed by atoms with E-state index in [1.165, 1.54) is 11.3 Å². The monoisotopic (exact) mass is 269 g/mol. The number of para-hydroxylation sites is 1. The largest absolute Gasteiger partial charge is 0.388 e. The van der Waals surface area contributed by atoms with Gasteiger partial charge in [-0.05, 0) is 36.6 Å². The van der Waals surface area contributed by atoms with Crippen molar-refractivity contribution in [2.24, 2.45) is 5.73 Å². The van der Waals surface area contributed by atoms with Gasteiger partial charge in [-0.1, -0.05) is 30.4 Å². The Balaban J connectivity index is 1.97. The van der Waals surface area contributed by atoms with Gasteiger partial charge in [-0.15, -0.1) is 0 Å². The minimum Gasteiger partial charge on any atom is -0.388 e. The fraction of sp³-hybridized carbons (Fsp3) is 0.200. The number of fused-ring (bicyclic) bond motifs is 1. The van der Waals surface area contributed by atoms with E-state index in [-0.39, 0.29) is 0 Å². The maximum Gasteiger partial charge on any atom is 0.122 e. The van der Waals surface area contributed by atoms with Crippen molar-refractivity contribution in [3.05, 3.63) is 53.9 Å². The lowest BCUT2D eigenvalue weighted by atomic mass is 10.0. The highest BCUT2D eigenvalue weighted by atomic mass is 32.1. The van der Waals surface area contributed by atoms with Crippen molar-refractivity contribution in [3.63, 3.8) is 0 Å². The van der Waals surface area contributed by atoms with E-state index in [9.17, 15) is 0 Å². The topological polar surface area (TPSA) is 42.1 Å². The zero-order valence-electron chi connectivity index (χ0n) is 10.5. The summed E-state index contributed by atoms with van der Waals surface area (Å²) in [6.07, 6.45) is 4.15. The SMILES string of the molecule is NC(=S)c1ccc(N2CCCc3ccccc32)cn1.